The summed E-state index contributed by atoms with van der Waals surface area (Å²) in [5.41, 5.74) is 1.29. The van der Waals surface area contributed by atoms with Gasteiger partial charge in [0.05, 0.1) is 11.4 Å². The number of amides is 1. The fraction of sp³-hybridized carbons (Fsp3) is 0.200. The van der Waals surface area contributed by atoms with Gasteiger partial charge in [-0.15, -0.1) is 0 Å². The SMILES string of the molecule is Cc1c(NC(=O)COc2ccc3c(c2)OCO3)c(=O)n(-c2ccccc2)n1C. The molecule has 1 amide bonds. The van der Waals surface area contributed by atoms with Crippen molar-refractivity contribution in [3.8, 4) is 22.9 Å². The largest absolute Gasteiger partial charge is 0.484 e. The van der Waals surface area contributed by atoms with Gasteiger partial charge in [0, 0.05) is 13.1 Å². The van der Waals surface area contributed by atoms with Crippen molar-refractivity contribution in [2.75, 3.05) is 18.7 Å². The number of rotatable bonds is 5. The summed E-state index contributed by atoms with van der Waals surface area (Å²) in [7, 11) is 1.77. The molecule has 2 heterocycles. The number of anilines is 1. The Morgan fingerprint density at radius 1 is 1.14 bits per heavy atom. The summed E-state index contributed by atoms with van der Waals surface area (Å²) in [5, 5.41) is 2.66. The Balaban J connectivity index is 1.48. The topological polar surface area (TPSA) is 83.7 Å². The van der Waals surface area contributed by atoms with Crippen LogP contribution in [0.1, 0.15) is 5.69 Å². The summed E-state index contributed by atoms with van der Waals surface area (Å²) in [6, 6.07) is 14.3. The minimum Gasteiger partial charge on any atom is -0.484 e. The summed E-state index contributed by atoms with van der Waals surface area (Å²) in [4.78, 5) is 25.1. The molecule has 0 spiro atoms. The highest BCUT2D eigenvalue weighted by Crippen LogP contribution is 2.35. The number of nitrogens with zero attached hydrogens (tertiary/aromatic N) is 2. The first-order valence-corrected chi connectivity index (χ1v) is 8.71. The van der Waals surface area contributed by atoms with Gasteiger partial charge in [-0.05, 0) is 31.2 Å². The Bertz CT molecular complexity index is 1090. The van der Waals surface area contributed by atoms with Crippen LogP contribution in [-0.2, 0) is 11.8 Å². The van der Waals surface area contributed by atoms with E-state index in [1.54, 1.807) is 36.9 Å². The Labute approximate surface area is 160 Å². The molecule has 4 rings (SSSR count). The lowest BCUT2D eigenvalue weighted by molar-refractivity contribution is -0.118. The molecule has 1 N–H and O–H groups in total. The van der Waals surface area contributed by atoms with Crippen LogP contribution in [0.5, 0.6) is 17.2 Å². The molecule has 0 aliphatic carbocycles. The molecule has 3 aromatic rings. The maximum Gasteiger partial charge on any atom is 0.295 e. The molecule has 0 saturated carbocycles. The number of ether oxygens (including phenoxy) is 3. The average Bonchev–Trinajstić information content (AvgIpc) is 3.25. The summed E-state index contributed by atoms with van der Waals surface area (Å²) in [5.74, 6) is 1.26. The molecule has 0 atom stereocenters. The first-order chi connectivity index (χ1) is 13.5. The Kier molecular flexibility index (Phi) is 4.52. The third-order valence-electron chi connectivity index (χ3n) is 4.53. The zero-order chi connectivity index (χ0) is 19.7. The highest BCUT2D eigenvalue weighted by molar-refractivity contribution is 5.92. The van der Waals surface area contributed by atoms with Crippen LogP contribution >= 0.6 is 0 Å². The van der Waals surface area contributed by atoms with Gasteiger partial charge in [0.25, 0.3) is 11.5 Å². The second kappa shape index (κ2) is 7.15. The van der Waals surface area contributed by atoms with Crippen LogP contribution in [0.15, 0.2) is 53.3 Å². The number of carbonyl (C=O) groups is 1. The third kappa shape index (κ3) is 3.20. The smallest absolute Gasteiger partial charge is 0.295 e. The predicted octanol–water partition coefficient (Wildman–Crippen LogP) is 2.23. The van der Waals surface area contributed by atoms with Crippen molar-refractivity contribution in [2.24, 2.45) is 7.05 Å². The third-order valence-corrected chi connectivity index (χ3v) is 4.53. The number of fused-ring (bicyclic) bond motifs is 1. The van der Waals surface area contributed by atoms with Crippen LogP contribution < -0.4 is 25.1 Å². The van der Waals surface area contributed by atoms with Gasteiger partial charge in [-0.2, -0.15) is 0 Å². The summed E-state index contributed by atoms with van der Waals surface area (Å²) < 4.78 is 19.2. The lowest BCUT2D eigenvalue weighted by Crippen LogP contribution is -2.25. The number of hydrogen-bond donors (Lipinski definition) is 1. The number of aromatic nitrogens is 2. The number of carbonyl (C=O) groups excluding carboxylic acids is 1. The minimum atomic E-state index is -0.427. The maximum atomic E-state index is 12.8. The zero-order valence-corrected chi connectivity index (χ0v) is 15.5. The van der Waals surface area contributed by atoms with Crippen molar-refractivity contribution in [2.45, 2.75) is 6.92 Å². The van der Waals surface area contributed by atoms with E-state index in [1.165, 1.54) is 4.68 Å². The zero-order valence-electron chi connectivity index (χ0n) is 15.5. The van der Waals surface area contributed by atoms with Gasteiger partial charge in [-0.25, -0.2) is 4.68 Å². The van der Waals surface area contributed by atoms with Gasteiger partial charge in [-0.3, -0.25) is 14.3 Å². The van der Waals surface area contributed by atoms with E-state index in [0.717, 1.165) is 5.69 Å². The van der Waals surface area contributed by atoms with Gasteiger partial charge < -0.3 is 19.5 Å². The van der Waals surface area contributed by atoms with Crippen molar-refractivity contribution in [3.05, 3.63) is 64.6 Å². The predicted molar refractivity (Wildman–Crippen MR) is 102 cm³/mol. The molecular weight excluding hydrogens is 362 g/mol. The Hall–Kier alpha value is -3.68. The average molecular weight is 381 g/mol. The molecule has 1 aromatic heterocycles. The minimum absolute atomic E-state index is 0.167. The van der Waals surface area contributed by atoms with Crippen molar-refractivity contribution in [1.82, 2.24) is 9.36 Å². The highest BCUT2D eigenvalue weighted by atomic mass is 16.7. The summed E-state index contributed by atoms with van der Waals surface area (Å²) in [6.45, 7) is 1.70. The highest BCUT2D eigenvalue weighted by Gasteiger charge is 2.19. The van der Waals surface area contributed by atoms with Crippen LogP contribution in [0.4, 0.5) is 5.69 Å². The van der Waals surface area contributed by atoms with E-state index in [0.29, 0.717) is 22.9 Å². The molecule has 1 aliphatic rings. The molecule has 0 saturated heterocycles. The fourth-order valence-electron chi connectivity index (χ4n) is 3.00. The van der Waals surface area contributed by atoms with Crippen LogP contribution in [-0.4, -0.2) is 28.7 Å². The lowest BCUT2D eigenvalue weighted by atomic mass is 10.3. The van der Waals surface area contributed by atoms with Gasteiger partial charge in [0.1, 0.15) is 11.4 Å². The Morgan fingerprint density at radius 2 is 1.89 bits per heavy atom. The number of nitrogens with one attached hydrogen (secondary N) is 1. The number of benzene rings is 2. The monoisotopic (exact) mass is 381 g/mol. The van der Waals surface area contributed by atoms with Gasteiger partial charge in [-0.1, -0.05) is 18.2 Å². The molecule has 144 valence electrons. The van der Waals surface area contributed by atoms with E-state index in [-0.39, 0.29) is 24.6 Å². The summed E-state index contributed by atoms with van der Waals surface area (Å²) >= 11 is 0. The molecule has 0 fully saturated rings. The molecule has 2 aromatic carbocycles. The van der Waals surface area contributed by atoms with Crippen molar-refractivity contribution in [1.29, 1.82) is 0 Å². The molecule has 0 radical (unpaired) electrons. The molecule has 0 unspecified atom stereocenters. The van der Waals surface area contributed by atoms with Gasteiger partial charge >= 0.3 is 0 Å². The van der Waals surface area contributed by atoms with E-state index in [9.17, 15) is 9.59 Å². The van der Waals surface area contributed by atoms with E-state index < -0.39 is 5.91 Å². The normalized spacial score (nSPS) is 12.1. The second-order valence-corrected chi connectivity index (χ2v) is 6.29. The fourth-order valence-corrected chi connectivity index (χ4v) is 3.00. The van der Waals surface area contributed by atoms with Crippen LogP contribution in [0.2, 0.25) is 0 Å². The first kappa shape index (κ1) is 17.7. The van der Waals surface area contributed by atoms with E-state index in [1.807, 2.05) is 30.3 Å². The number of para-hydroxylation sites is 1. The second-order valence-electron chi connectivity index (χ2n) is 6.29. The first-order valence-electron chi connectivity index (χ1n) is 8.71. The van der Waals surface area contributed by atoms with E-state index >= 15 is 0 Å². The van der Waals surface area contributed by atoms with Gasteiger partial charge in [0.2, 0.25) is 6.79 Å². The molecule has 8 nitrogen and oxygen atoms in total. The van der Waals surface area contributed by atoms with Crippen LogP contribution in [0.3, 0.4) is 0 Å². The molecule has 28 heavy (non-hydrogen) atoms. The maximum absolute atomic E-state index is 12.8. The molecule has 1 aliphatic heterocycles. The number of hydrogen-bond acceptors (Lipinski definition) is 5. The van der Waals surface area contributed by atoms with Crippen molar-refractivity contribution in [3.63, 3.8) is 0 Å². The van der Waals surface area contributed by atoms with Crippen molar-refractivity contribution < 1.29 is 19.0 Å². The lowest BCUT2D eigenvalue weighted by Gasteiger charge is -2.07. The molecular formula is C20H19N3O5. The quantitative estimate of drug-likeness (QED) is 0.733. The van der Waals surface area contributed by atoms with Crippen molar-refractivity contribution >= 4 is 11.6 Å². The van der Waals surface area contributed by atoms with E-state index in [4.69, 9.17) is 14.2 Å². The molecule has 8 heteroatoms. The van der Waals surface area contributed by atoms with Crippen LogP contribution in [0, 0.1) is 6.92 Å². The van der Waals surface area contributed by atoms with Gasteiger partial charge in [0.15, 0.2) is 18.1 Å². The molecule has 0 bridgehead atoms. The van der Waals surface area contributed by atoms with E-state index in [2.05, 4.69) is 5.32 Å². The standard InChI is InChI=1S/C20H19N3O5/c1-13-19(20(25)23(22(13)2)14-6-4-3-5-7-14)21-18(24)11-26-15-8-9-16-17(10-15)28-12-27-16/h3-10H,11-12H2,1-2H3,(H,21,24). The Morgan fingerprint density at radius 3 is 2.68 bits per heavy atom. The summed E-state index contributed by atoms with van der Waals surface area (Å²) in [6.07, 6.45) is 0. The van der Waals surface area contributed by atoms with Crippen LogP contribution in [0.25, 0.3) is 5.69 Å².